The van der Waals surface area contributed by atoms with Crippen LogP contribution in [0.25, 0.3) is 0 Å². The third kappa shape index (κ3) is 4.08. The minimum Gasteiger partial charge on any atom is -0.489 e. The zero-order valence-corrected chi connectivity index (χ0v) is 11.8. The molecule has 3 heteroatoms. The minimum absolute atomic E-state index is 0.00795. The molecule has 2 rings (SSSR count). The first kappa shape index (κ1) is 13.0. The zero-order chi connectivity index (χ0) is 12.8. The van der Waals surface area contributed by atoms with Crippen LogP contribution in [0.5, 0.6) is 11.5 Å². The maximum Gasteiger partial charge on any atom is 0.150 e. The summed E-state index contributed by atoms with van der Waals surface area (Å²) in [7, 11) is 0. The Kier molecular flexibility index (Phi) is 4.65. The van der Waals surface area contributed by atoms with E-state index in [1.54, 1.807) is 0 Å². The lowest BCUT2D eigenvalue weighted by atomic mass is 10.2. The van der Waals surface area contributed by atoms with Gasteiger partial charge in [0.05, 0.1) is 0 Å². The molecular weight excluding hydrogens is 292 g/mol. The Bertz CT molecular complexity index is 466. The number of hydrogen-bond donors (Lipinski definition) is 0. The number of benzene rings is 2. The maximum atomic E-state index is 5.68. The van der Waals surface area contributed by atoms with E-state index < -0.39 is 0 Å². The summed E-state index contributed by atoms with van der Waals surface area (Å²) in [5, 5.41) is 0.00795. The summed E-state index contributed by atoms with van der Waals surface area (Å²) in [6, 6.07) is 17.7. The van der Waals surface area contributed by atoms with Crippen molar-refractivity contribution >= 4 is 15.9 Å². The summed E-state index contributed by atoms with van der Waals surface area (Å²) in [6.07, 6.45) is 0. The van der Waals surface area contributed by atoms with E-state index in [0.29, 0.717) is 6.61 Å². The number of hydrogen-bond acceptors (Lipinski definition) is 2. The van der Waals surface area contributed by atoms with E-state index in [1.165, 1.54) is 0 Å². The van der Waals surface area contributed by atoms with Crippen LogP contribution < -0.4 is 9.47 Å². The lowest BCUT2D eigenvalue weighted by Crippen LogP contribution is -2.01. The van der Waals surface area contributed by atoms with Crippen LogP contribution in [0.3, 0.4) is 0 Å². The Morgan fingerprint density at radius 1 is 0.944 bits per heavy atom. The quantitative estimate of drug-likeness (QED) is 0.763. The molecule has 0 spiro atoms. The van der Waals surface area contributed by atoms with Gasteiger partial charge in [0.25, 0.3) is 0 Å². The molecule has 0 radical (unpaired) electrons. The van der Waals surface area contributed by atoms with E-state index in [4.69, 9.17) is 9.47 Å². The lowest BCUT2D eigenvalue weighted by molar-refractivity contribution is 0.300. The van der Waals surface area contributed by atoms with Crippen LogP contribution in [0.15, 0.2) is 54.6 Å². The first-order chi connectivity index (χ1) is 8.74. The fourth-order valence-corrected chi connectivity index (χ4v) is 1.76. The van der Waals surface area contributed by atoms with Gasteiger partial charge in [-0.2, -0.15) is 0 Å². The Labute approximate surface area is 116 Å². The van der Waals surface area contributed by atoms with Gasteiger partial charge in [0.2, 0.25) is 0 Å². The van der Waals surface area contributed by atoms with Crippen LogP contribution in [-0.4, -0.2) is 5.01 Å². The Morgan fingerprint density at radius 2 is 1.56 bits per heavy atom. The molecule has 0 aromatic heterocycles. The summed E-state index contributed by atoms with van der Waals surface area (Å²) in [5.41, 5.74) is 1.16. The van der Waals surface area contributed by atoms with Gasteiger partial charge >= 0.3 is 0 Å². The van der Waals surface area contributed by atoms with Crippen molar-refractivity contribution in [3.05, 3.63) is 60.2 Å². The number of ether oxygens (including phenoxy) is 2. The number of alkyl halides is 1. The molecule has 2 aromatic carbocycles. The second-order valence-electron chi connectivity index (χ2n) is 3.91. The van der Waals surface area contributed by atoms with Crippen molar-refractivity contribution in [2.75, 3.05) is 0 Å². The monoisotopic (exact) mass is 306 g/mol. The highest BCUT2D eigenvalue weighted by molar-refractivity contribution is 9.09. The highest BCUT2D eigenvalue weighted by atomic mass is 79.9. The molecule has 2 nitrogen and oxygen atoms in total. The summed E-state index contributed by atoms with van der Waals surface area (Å²) in [6.45, 7) is 2.51. The molecular formula is C15H15BrO2. The third-order valence-corrected chi connectivity index (χ3v) is 2.56. The third-order valence-electron chi connectivity index (χ3n) is 2.37. The van der Waals surface area contributed by atoms with Crippen molar-refractivity contribution in [3.8, 4) is 11.5 Å². The lowest BCUT2D eigenvalue weighted by Gasteiger charge is -2.10. The van der Waals surface area contributed by atoms with Gasteiger partial charge in [-0.1, -0.05) is 30.3 Å². The Balaban J connectivity index is 1.90. The molecule has 1 unspecified atom stereocenters. The minimum atomic E-state index is 0.00795. The molecule has 2 aromatic rings. The number of halogens is 1. The average molecular weight is 307 g/mol. The Morgan fingerprint density at radius 3 is 2.17 bits per heavy atom. The molecule has 0 saturated heterocycles. The molecule has 0 heterocycles. The molecule has 18 heavy (non-hydrogen) atoms. The second-order valence-corrected chi connectivity index (χ2v) is 5.20. The standard InChI is InChI=1S/C15H15BrO2/c1-12(16)18-15-9-7-14(8-10-15)17-11-13-5-3-2-4-6-13/h2-10,12H,11H2,1H3. The van der Waals surface area contributed by atoms with Crippen LogP contribution in [-0.2, 0) is 6.61 Å². The molecule has 0 aliphatic heterocycles. The van der Waals surface area contributed by atoms with Gasteiger partial charge in [-0.25, -0.2) is 0 Å². The smallest absolute Gasteiger partial charge is 0.150 e. The van der Waals surface area contributed by atoms with Crippen molar-refractivity contribution in [2.45, 2.75) is 18.5 Å². The van der Waals surface area contributed by atoms with Crippen LogP contribution in [0, 0.1) is 0 Å². The van der Waals surface area contributed by atoms with E-state index in [9.17, 15) is 0 Å². The highest BCUT2D eigenvalue weighted by Crippen LogP contribution is 2.20. The van der Waals surface area contributed by atoms with Crippen LogP contribution in [0.4, 0.5) is 0 Å². The van der Waals surface area contributed by atoms with E-state index in [0.717, 1.165) is 17.1 Å². The van der Waals surface area contributed by atoms with Gasteiger partial charge in [0.15, 0.2) is 5.01 Å². The van der Waals surface area contributed by atoms with E-state index >= 15 is 0 Å². The summed E-state index contributed by atoms with van der Waals surface area (Å²) in [5.74, 6) is 1.67. The summed E-state index contributed by atoms with van der Waals surface area (Å²) < 4.78 is 11.2. The summed E-state index contributed by atoms with van der Waals surface area (Å²) in [4.78, 5) is 0. The first-order valence-electron chi connectivity index (χ1n) is 5.81. The van der Waals surface area contributed by atoms with Gasteiger partial charge in [-0.3, -0.25) is 0 Å². The van der Waals surface area contributed by atoms with Crippen LogP contribution >= 0.6 is 15.9 Å². The number of rotatable bonds is 5. The fraction of sp³-hybridized carbons (Fsp3) is 0.200. The average Bonchev–Trinajstić information content (AvgIpc) is 2.38. The van der Waals surface area contributed by atoms with Crippen molar-refractivity contribution in [3.63, 3.8) is 0 Å². The zero-order valence-electron chi connectivity index (χ0n) is 10.2. The predicted molar refractivity (Wildman–Crippen MR) is 76.2 cm³/mol. The molecule has 0 N–H and O–H groups in total. The predicted octanol–water partition coefficient (Wildman–Crippen LogP) is 4.39. The van der Waals surface area contributed by atoms with Crippen molar-refractivity contribution in [1.29, 1.82) is 0 Å². The molecule has 0 fully saturated rings. The van der Waals surface area contributed by atoms with Gasteiger partial charge in [-0.05, 0) is 52.7 Å². The van der Waals surface area contributed by atoms with Crippen LogP contribution in [0.2, 0.25) is 0 Å². The topological polar surface area (TPSA) is 18.5 Å². The summed E-state index contributed by atoms with van der Waals surface area (Å²) >= 11 is 3.34. The highest BCUT2D eigenvalue weighted by Gasteiger charge is 2.00. The molecule has 0 bridgehead atoms. The normalized spacial score (nSPS) is 11.9. The van der Waals surface area contributed by atoms with Gasteiger partial charge < -0.3 is 9.47 Å². The SMILES string of the molecule is CC(Br)Oc1ccc(OCc2ccccc2)cc1. The second kappa shape index (κ2) is 6.45. The Hall–Kier alpha value is -1.48. The van der Waals surface area contributed by atoms with Gasteiger partial charge in [0.1, 0.15) is 18.1 Å². The van der Waals surface area contributed by atoms with Crippen molar-refractivity contribution in [1.82, 2.24) is 0 Å². The van der Waals surface area contributed by atoms with Crippen molar-refractivity contribution in [2.24, 2.45) is 0 Å². The van der Waals surface area contributed by atoms with Crippen molar-refractivity contribution < 1.29 is 9.47 Å². The fourth-order valence-electron chi connectivity index (χ4n) is 1.54. The molecule has 0 saturated carbocycles. The van der Waals surface area contributed by atoms with Gasteiger partial charge in [0, 0.05) is 0 Å². The molecule has 0 amide bonds. The first-order valence-corrected chi connectivity index (χ1v) is 6.73. The van der Waals surface area contributed by atoms with E-state index in [1.807, 2.05) is 61.5 Å². The largest absolute Gasteiger partial charge is 0.489 e. The van der Waals surface area contributed by atoms with E-state index in [-0.39, 0.29) is 5.01 Å². The van der Waals surface area contributed by atoms with E-state index in [2.05, 4.69) is 15.9 Å². The molecule has 0 aliphatic rings. The molecule has 1 atom stereocenters. The molecule has 94 valence electrons. The van der Waals surface area contributed by atoms with Gasteiger partial charge in [-0.15, -0.1) is 0 Å². The maximum absolute atomic E-state index is 5.68. The molecule has 0 aliphatic carbocycles. The van der Waals surface area contributed by atoms with Crippen LogP contribution in [0.1, 0.15) is 12.5 Å².